The standard InChI is InChI=1S/C8H12O3.C4H4O2/c1-5-6-8(2,3)11-7(9)10-4;1-2-3-6-4-5/h1-4H3;1,4H,3H2. The average Bonchev–Trinajstić information content (AvgIpc) is 2.26. The quantitative estimate of drug-likeness (QED) is 0.322. The van der Waals surface area contributed by atoms with Gasteiger partial charge in [-0.15, -0.1) is 12.3 Å². The maximum atomic E-state index is 10.6. The van der Waals surface area contributed by atoms with Crippen molar-refractivity contribution in [2.24, 2.45) is 0 Å². The molecular formula is C12H16O5. The summed E-state index contributed by atoms with van der Waals surface area (Å²) in [6.45, 7) is 5.46. The Morgan fingerprint density at radius 1 is 1.47 bits per heavy atom. The summed E-state index contributed by atoms with van der Waals surface area (Å²) in [5, 5.41) is 0. The summed E-state index contributed by atoms with van der Waals surface area (Å²) < 4.78 is 13.2. The van der Waals surface area contributed by atoms with Crippen LogP contribution in [0.4, 0.5) is 4.79 Å². The van der Waals surface area contributed by atoms with Crippen molar-refractivity contribution in [3.05, 3.63) is 0 Å². The zero-order valence-electron chi connectivity index (χ0n) is 10.4. The van der Waals surface area contributed by atoms with Gasteiger partial charge in [-0.2, -0.15) is 0 Å². The third kappa shape index (κ3) is 13.9. The summed E-state index contributed by atoms with van der Waals surface area (Å²) in [7, 11) is 1.26. The normalized spacial score (nSPS) is 8.18. The van der Waals surface area contributed by atoms with Crippen molar-refractivity contribution in [2.45, 2.75) is 26.4 Å². The van der Waals surface area contributed by atoms with Crippen molar-refractivity contribution in [3.63, 3.8) is 0 Å². The minimum absolute atomic E-state index is 0.0729. The Morgan fingerprint density at radius 3 is 2.35 bits per heavy atom. The van der Waals surface area contributed by atoms with Crippen LogP contribution < -0.4 is 0 Å². The van der Waals surface area contributed by atoms with E-state index < -0.39 is 11.8 Å². The molecule has 0 unspecified atom stereocenters. The van der Waals surface area contributed by atoms with Gasteiger partial charge in [-0.25, -0.2) is 4.79 Å². The molecule has 0 amide bonds. The Bertz CT molecular complexity index is 327. The highest BCUT2D eigenvalue weighted by Gasteiger charge is 2.19. The van der Waals surface area contributed by atoms with Crippen LogP contribution in [0.2, 0.25) is 0 Å². The number of carbonyl (C=O) groups is 2. The number of hydrogen-bond acceptors (Lipinski definition) is 5. The molecule has 94 valence electrons. The highest BCUT2D eigenvalue weighted by Crippen LogP contribution is 2.07. The molecular weight excluding hydrogens is 224 g/mol. The lowest BCUT2D eigenvalue weighted by Crippen LogP contribution is -2.25. The molecule has 0 aromatic rings. The summed E-state index contributed by atoms with van der Waals surface area (Å²) >= 11 is 0. The van der Waals surface area contributed by atoms with Gasteiger partial charge in [0.25, 0.3) is 6.47 Å². The third-order valence-electron chi connectivity index (χ3n) is 1.17. The van der Waals surface area contributed by atoms with Crippen molar-refractivity contribution in [1.29, 1.82) is 0 Å². The number of hydrogen-bond donors (Lipinski definition) is 0. The molecule has 0 atom stereocenters. The van der Waals surface area contributed by atoms with Crippen LogP contribution in [-0.2, 0) is 19.0 Å². The van der Waals surface area contributed by atoms with E-state index in [1.165, 1.54) is 7.11 Å². The van der Waals surface area contributed by atoms with Gasteiger partial charge < -0.3 is 14.2 Å². The van der Waals surface area contributed by atoms with Gasteiger partial charge in [0.1, 0.15) is 0 Å². The second-order valence-corrected chi connectivity index (χ2v) is 3.05. The van der Waals surface area contributed by atoms with Gasteiger partial charge in [-0.1, -0.05) is 11.8 Å². The van der Waals surface area contributed by atoms with Crippen LogP contribution in [0, 0.1) is 24.2 Å². The number of ether oxygens (including phenoxy) is 3. The van der Waals surface area contributed by atoms with Crippen LogP contribution in [0.25, 0.3) is 0 Å². The first-order chi connectivity index (χ1) is 7.93. The van der Waals surface area contributed by atoms with E-state index in [4.69, 9.17) is 4.74 Å². The molecule has 0 saturated heterocycles. The van der Waals surface area contributed by atoms with Crippen molar-refractivity contribution >= 4 is 12.6 Å². The van der Waals surface area contributed by atoms with Crippen LogP contribution in [0.3, 0.4) is 0 Å². The molecule has 5 heteroatoms. The van der Waals surface area contributed by atoms with Gasteiger partial charge in [-0.3, -0.25) is 4.79 Å². The molecule has 0 aliphatic carbocycles. The zero-order chi connectivity index (χ0) is 13.7. The summed E-state index contributed by atoms with van der Waals surface area (Å²) in [6, 6.07) is 0. The molecule has 0 heterocycles. The molecule has 0 aliphatic rings. The summed E-state index contributed by atoms with van der Waals surface area (Å²) in [6.07, 6.45) is 3.97. The Labute approximate surface area is 101 Å². The van der Waals surface area contributed by atoms with E-state index in [0.717, 1.165) is 0 Å². The Morgan fingerprint density at radius 2 is 2.06 bits per heavy atom. The monoisotopic (exact) mass is 240 g/mol. The number of rotatable bonds is 3. The van der Waals surface area contributed by atoms with E-state index in [-0.39, 0.29) is 6.61 Å². The van der Waals surface area contributed by atoms with E-state index in [0.29, 0.717) is 6.47 Å². The number of carbonyl (C=O) groups excluding carboxylic acids is 2. The number of methoxy groups -OCH3 is 1. The fraction of sp³-hybridized carbons (Fsp3) is 0.500. The van der Waals surface area contributed by atoms with Crippen molar-refractivity contribution in [2.75, 3.05) is 13.7 Å². The third-order valence-corrected chi connectivity index (χ3v) is 1.17. The Balaban J connectivity index is 0. The van der Waals surface area contributed by atoms with Gasteiger partial charge in [0.05, 0.1) is 7.11 Å². The van der Waals surface area contributed by atoms with E-state index in [2.05, 4.69) is 33.7 Å². The van der Waals surface area contributed by atoms with Crippen LogP contribution in [0.15, 0.2) is 0 Å². The molecule has 0 bridgehead atoms. The molecule has 0 rings (SSSR count). The smallest absolute Gasteiger partial charge is 0.455 e. The maximum absolute atomic E-state index is 10.6. The fourth-order valence-electron chi connectivity index (χ4n) is 0.659. The summed E-state index contributed by atoms with van der Waals surface area (Å²) in [4.78, 5) is 19.8. The lowest BCUT2D eigenvalue weighted by molar-refractivity contribution is -0.127. The number of terminal acetylenes is 1. The lowest BCUT2D eigenvalue weighted by atomic mass is 10.1. The molecule has 0 aromatic heterocycles. The van der Waals surface area contributed by atoms with Crippen molar-refractivity contribution in [1.82, 2.24) is 0 Å². The molecule has 0 saturated carbocycles. The van der Waals surface area contributed by atoms with E-state index in [1.54, 1.807) is 20.8 Å². The van der Waals surface area contributed by atoms with E-state index in [1.807, 2.05) is 0 Å². The molecule has 0 radical (unpaired) electrons. The van der Waals surface area contributed by atoms with Gasteiger partial charge in [0.15, 0.2) is 12.2 Å². The first-order valence-electron chi connectivity index (χ1n) is 4.63. The van der Waals surface area contributed by atoms with E-state index in [9.17, 15) is 9.59 Å². The molecule has 0 fully saturated rings. The molecule has 0 N–H and O–H groups in total. The van der Waals surface area contributed by atoms with Crippen molar-refractivity contribution < 1.29 is 23.8 Å². The lowest BCUT2D eigenvalue weighted by Gasteiger charge is -2.16. The predicted octanol–water partition coefficient (Wildman–Crippen LogP) is 1.36. The highest BCUT2D eigenvalue weighted by atomic mass is 16.7. The molecule has 5 nitrogen and oxygen atoms in total. The first-order valence-corrected chi connectivity index (χ1v) is 4.63. The molecule has 0 aromatic carbocycles. The van der Waals surface area contributed by atoms with Gasteiger partial charge in [-0.05, 0) is 20.8 Å². The topological polar surface area (TPSA) is 61.8 Å². The summed E-state index contributed by atoms with van der Waals surface area (Å²) in [5.41, 5.74) is -0.762. The predicted molar refractivity (Wildman–Crippen MR) is 61.9 cm³/mol. The Kier molecular flexibility index (Phi) is 10.5. The van der Waals surface area contributed by atoms with Gasteiger partial charge in [0, 0.05) is 0 Å². The van der Waals surface area contributed by atoms with Crippen molar-refractivity contribution in [3.8, 4) is 24.2 Å². The van der Waals surface area contributed by atoms with Gasteiger partial charge in [0.2, 0.25) is 0 Å². The average molecular weight is 240 g/mol. The largest absolute Gasteiger partial charge is 0.509 e. The highest BCUT2D eigenvalue weighted by molar-refractivity contribution is 5.60. The zero-order valence-corrected chi connectivity index (χ0v) is 10.4. The SMILES string of the molecule is C#CCOC=O.CC#CC(C)(C)OC(=O)OC. The summed E-state index contributed by atoms with van der Waals surface area (Å²) in [5.74, 6) is 7.48. The minimum Gasteiger partial charge on any atom is -0.455 e. The van der Waals surface area contributed by atoms with Crippen LogP contribution >= 0.6 is 0 Å². The first kappa shape index (κ1) is 17.3. The second kappa shape index (κ2) is 10.4. The maximum Gasteiger partial charge on any atom is 0.509 e. The molecule has 0 spiro atoms. The van der Waals surface area contributed by atoms with Crippen LogP contribution in [0.1, 0.15) is 20.8 Å². The minimum atomic E-state index is -0.762. The van der Waals surface area contributed by atoms with Crippen LogP contribution in [0.5, 0.6) is 0 Å². The molecule has 0 aliphatic heterocycles. The second-order valence-electron chi connectivity index (χ2n) is 3.05. The Hall–Kier alpha value is -2.14. The van der Waals surface area contributed by atoms with Gasteiger partial charge >= 0.3 is 6.16 Å². The van der Waals surface area contributed by atoms with E-state index >= 15 is 0 Å². The fourth-order valence-corrected chi connectivity index (χ4v) is 0.659. The molecule has 17 heavy (non-hydrogen) atoms. The van der Waals surface area contributed by atoms with Crippen LogP contribution in [-0.4, -0.2) is 31.9 Å².